The first-order chi connectivity index (χ1) is 27.2. The van der Waals surface area contributed by atoms with Crippen molar-refractivity contribution < 1.29 is 8.83 Å². The summed E-state index contributed by atoms with van der Waals surface area (Å²) in [4.78, 5) is 16.0. The highest BCUT2D eigenvalue weighted by atomic mass is 32.1. The first kappa shape index (κ1) is 30.6. The Hall–Kier alpha value is -6.89. The molecule has 0 saturated heterocycles. The summed E-state index contributed by atoms with van der Waals surface area (Å²) in [6.45, 7) is 0. The Balaban J connectivity index is 1.13. The Kier molecular flexibility index (Phi) is 6.56. The molecule has 0 spiro atoms. The van der Waals surface area contributed by atoms with E-state index in [0.29, 0.717) is 17.5 Å². The molecule has 12 rings (SSSR count). The SMILES string of the molecule is C1=C(c2nc(-c3cccc4oc5c(-c6ccccc6)cccc5c34)nc(-c3cccc4sc5ccccc5c34)n2)CCc2ccc3oc4ccccc4c3c21. The zero-order valence-corrected chi connectivity index (χ0v) is 30.2. The zero-order chi connectivity index (χ0) is 36.0. The van der Waals surface area contributed by atoms with Crippen LogP contribution in [-0.4, -0.2) is 15.0 Å². The molecule has 11 aromatic rings. The molecule has 55 heavy (non-hydrogen) atoms. The molecule has 0 radical (unpaired) electrons. The van der Waals surface area contributed by atoms with Crippen molar-refractivity contribution in [3.63, 3.8) is 0 Å². The number of aryl methyl sites for hydroxylation is 1. The monoisotopic (exact) mass is 723 g/mol. The van der Waals surface area contributed by atoms with Gasteiger partial charge < -0.3 is 8.83 Å². The van der Waals surface area contributed by atoms with Crippen molar-refractivity contribution in [2.24, 2.45) is 0 Å². The third kappa shape index (κ3) is 4.68. The van der Waals surface area contributed by atoms with Crippen LogP contribution in [0.5, 0.6) is 0 Å². The van der Waals surface area contributed by atoms with Crippen molar-refractivity contribution in [2.45, 2.75) is 12.8 Å². The molecule has 6 heteroatoms. The van der Waals surface area contributed by atoms with Crippen molar-refractivity contribution in [1.29, 1.82) is 0 Å². The predicted octanol–water partition coefficient (Wildman–Crippen LogP) is 13.5. The summed E-state index contributed by atoms with van der Waals surface area (Å²) in [7, 11) is 0. The molecule has 0 N–H and O–H groups in total. The molecule has 0 atom stereocenters. The summed E-state index contributed by atoms with van der Waals surface area (Å²) in [6.07, 6.45) is 3.97. The minimum Gasteiger partial charge on any atom is -0.456 e. The zero-order valence-electron chi connectivity index (χ0n) is 29.4. The van der Waals surface area contributed by atoms with Crippen molar-refractivity contribution >= 4 is 87.0 Å². The summed E-state index contributed by atoms with van der Waals surface area (Å²) in [5.41, 5.74) is 11.0. The Bertz CT molecular complexity index is 3390. The van der Waals surface area contributed by atoms with Crippen molar-refractivity contribution in [2.75, 3.05) is 0 Å². The van der Waals surface area contributed by atoms with E-state index < -0.39 is 0 Å². The van der Waals surface area contributed by atoms with Crippen LogP contribution >= 0.6 is 11.3 Å². The molecule has 4 aromatic heterocycles. The van der Waals surface area contributed by atoms with Crippen LogP contribution in [0.4, 0.5) is 0 Å². The van der Waals surface area contributed by atoms with E-state index in [1.807, 2.05) is 30.3 Å². The number of hydrogen-bond donors (Lipinski definition) is 0. The lowest BCUT2D eigenvalue weighted by molar-refractivity contribution is 0.668. The molecule has 4 heterocycles. The predicted molar refractivity (Wildman–Crippen MR) is 226 cm³/mol. The third-order valence-electron chi connectivity index (χ3n) is 11.1. The average molecular weight is 724 g/mol. The molecular formula is C49H29N3O2S. The first-order valence-electron chi connectivity index (χ1n) is 18.6. The minimum absolute atomic E-state index is 0.619. The molecule has 0 unspecified atom stereocenters. The van der Waals surface area contributed by atoms with E-state index in [1.165, 1.54) is 31.3 Å². The minimum atomic E-state index is 0.619. The molecule has 5 nitrogen and oxygen atoms in total. The van der Waals surface area contributed by atoms with Gasteiger partial charge in [0.05, 0.1) is 0 Å². The highest BCUT2D eigenvalue weighted by molar-refractivity contribution is 7.25. The molecule has 0 bridgehead atoms. The van der Waals surface area contributed by atoms with E-state index in [4.69, 9.17) is 23.8 Å². The molecule has 1 aliphatic carbocycles. The van der Waals surface area contributed by atoms with Gasteiger partial charge in [0, 0.05) is 58.4 Å². The number of rotatable bonds is 4. The molecule has 258 valence electrons. The van der Waals surface area contributed by atoms with Crippen molar-refractivity contribution in [3.05, 3.63) is 163 Å². The molecule has 0 fully saturated rings. The first-order valence-corrected chi connectivity index (χ1v) is 19.4. The van der Waals surface area contributed by atoms with Crippen LogP contribution in [0.25, 0.3) is 110 Å². The van der Waals surface area contributed by atoms with Gasteiger partial charge in [-0.15, -0.1) is 11.3 Å². The standard InChI is InChI=1S/C49H29N3O2S/c1-2-11-28(12-3-1)31-15-8-16-34-44-35(17-9-20-39(44)54-46(31)34)48-50-47(51-49(52-48)36-18-10-22-42-45(36)33-14-5-7-21-41(33)55-42)30-24-23-29-25-26-40-43(37(29)27-30)32-13-4-6-19-38(32)53-40/h1-22,25-27H,23-24H2. The third-order valence-corrected chi connectivity index (χ3v) is 12.2. The maximum absolute atomic E-state index is 6.67. The van der Waals surface area contributed by atoms with Gasteiger partial charge in [0.25, 0.3) is 0 Å². The van der Waals surface area contributed by atoms with Crippen LogP contribution in [0.15, 0.2) is 154 Å². The average Bonchev–Trinajstić information content (AvgIpc) is 3.95. The fourth-order valence-corrected chi connectivity index (χ4v) is 9.69. The van der Waals surface area contributed by atoms with Gasteiger partial charge in [-0.3, -0.25) is 0 Å². The van der Waals surface area contributed by atoms with Crippen molar-refractivity contribution in [1.82, 2.24) is 15.0 Å². The van der Waals surface area contributed by atoms with E-state index in [2.05, 4.69) is 121 Å². The van der Waals surface area contributed by atoms with Crippen LogP contribution in [0.2, 0.25) is 0 Å². The molecule has 1 aliphatic rings. The van der Waals surface area contributed by atoms with Crippen LogP contribution in [0, 0.1) is 0 Å². The van der Waals surface area contributed by atoms with Gasteiger partial charge in [-0.1, -0.05) is 115 Å². The van der Waals surface area contributed by atoms with Crippen LogP contribution in [0.3, 0.4) is 0 Å². The molecule has 7 aromatic carbocycles. The topological polar surface area (TPSA) is 65.0 Å². The van der Waals surface area contributed by atoms with E-state index >= 15 is 0 Å². The molecule has 0 aliphatic heterocycles. The number of para-hydroxylation sites is 2. The Labute approximate surface area is 318 Å². The van der Waals surface area contributed by atoms with Gasteiger partial charge in [-0.2, -0.15) is 0 Å². The lowest BCUT2D eigenvalue weighted by Gasteiger charge is -2.18. The van der Waals surface area contributed by atoms with Crippen LogP contribution in [0.1, 0.15) is 23.4 Å². The molecular weight excluding hydrogens is 695 g/mol. The Morgan fingerprint density at radius 2 is 1.09 bits per heavy atom. The van der Waals surface area contributed by atoms with Crippen LogP contribution < -0.4 is 0 Å². The largest absolute Gasteiger partial charge is 0.456 e. The van der Waals surface area contributed by atoms with Crippen molar-refractivity contribution in [3.8, 4) is 33.9 Å². The summed E-state index contributed by atoms with van der Waals surface area (Å²) in [6, 6.07) is 50.6. The quantitative estimate of drug-likeness (QED) is 0.181. The summed E-state index contributed by atoms with van der Waals surface area (Å²) >= 11 is 1.80. The summed E-state index contributed by atoms with van der Waals surface area (Å²) in [5.74, 6) is 1.96. The lowest BCUT2D eigenvalue weighted by Crippen LogP contribution is -2.06. The van der Waals surface area contributed by atoms with Gasteiger partial charge in [-0.25, -0.2) is 15.0 Å². The highest BCUT2D eigenvalue weighted by Crippen LogP contribution is 2.44. The fraction of sp³-hybridized carbons (Fsp3) is 0.0408. The van der Waals surface area contributed by atoms with E-state index in [-0.39, 0.29) is 0 Å². The van der Waals surface area contributed by atoms with E-state index in [0.717, 1.165) is 84.5 Å². The van der Waals surface area contributed by atoms with Gasteiger partial charge >= 0.3 is 0 Å². The Morgan fingerprint density at radius 1 is 0.436 bits per heavy atom. The number of furan rings is 2. The number of fused-ring (bicyclic) bond motifs is 11. The molecule has 0 amide bonds. The van der Waals surface area contributed by atoms with Gasteiger partial charge in [0.1, 0.15) is 22.3 Å². The van der Waals surface area contributed by atoms with E-state index in [9.17, 15) is 0 Å². The second-order valence-electron chi connectivity index (χ2n) is 14.2. The normalized spacial score (nSPS) is 13.1. The second kappa shape index (κ2) is 11.8. The highest BCUT2D eigenvalue weighted by Gasteiger charge is 2.24. The lowest BCUT2D eigenvalue weighted by atomic mass is 9.89. The maximum atomic E-state index is 6.67. The fourth-order valence-electron chi connectivity index (χ4n) is 8.56. The maximum Gasteiger partial charge on any atom is 0.164 e. The van der Waals surface area contributed by atoms with Gasteiger partial charge in [-0.05, 0) is 71.5 Å². The number of allylic oxidation sites excluding steroid dienone is 1. The number of aromatic nitrogens is 3. The number of thiophene rings is 1. The number of nitrogens with zero attached hydrogens (tertiary/aromatic N) is 3. The smallest absolute Gasteiger partial charge is 0.164 e. The summed E-state index contributed by atoms with van der Waals surface area (Å²) in [5, 5.41) is 6.65. The summed E-state index contributed by atoms with van der Waals surface area (Å²) < 4.78 is 15.4. The van der Waals surface area contributed by atoms with Crippen LogP contribution in [-0.2, 0) is 6.42 Å². The van der Waals surface area contributed by atoms with Gasteiger partial charge in [0.2, 0.25) is 0 Å². The molecule has 0 saturated carbocycles. The van der Waals surface area contributed by atoms with Gasteiger partial charge in [0.15, 0.2) is 17.5 Å². The van der Waals surface area contributed by atoms with E-state index in [1.54, 1.807) is 11.3 Å². The second-order valence-corrected chi connectivity index (χ2v) is 15.3. The number of benzene rings is 7. The Morgan fingerprint density at radius 3 is 1.98 bits per heavy atom. The number of hydrogen-bond acceptors (Lipinski definition) is 6.